The molecule has 2 heterocycles. The summed E-state index contributed by atoms with van der Waals surface area (Å²) in [5.41, 5.74) is 0.861. The smallest absolute Gasteiger partial charge is 0.229 e. The van der Waals surface area contributed by atoms with Crippen molar-refractivity contribution in [1.29, 1.82) is 0 Å². The summed E-state index contributed by atoms with van der Waals surface area (Å²) in [5.74, 6) is 0.456. The van der Waals surface area contributed by atoms with Gasteiger partial charge in [0.2, 0.25) is 6.29 Å². The van der Waals surface area contributed by atoms with Gasteiger partial charge in [0.15, 0.2) is 0 Å². The van der Waals surface area contributed by atoms with Gasteiger partial charge in [0.25, 0.3) is 0 Å². The second kappa shape index (κ2) is 6.30. The minimum Gasteiger partial charge on any atom is -0.460 e. The van der Waals surface area contributed by atoms with Crippen LogP contribution in [0.25, 0.3) is 10.9 Å². The molecular formula is C14H16INO6. The summed E-state index contributed by atoms with van der Waals surface area (Å²) >= 11 is 2.18. The van der Waals surface area contributed by atoms with Crippen LogP contribution in [0.3, 0.4) is 0 Å². The quantitative estimate of drug-likeness (QED) is 0.444. The van der Waals surface area contributed by atoms with Crippen molar-refractivity contribution < 1.29 is 29.9 Å². The molecule has 120 valence electrons. The maximum atomic E-state index is 9.99. The van der Waals surface area contributed by atoms with Crippen molar-refractivity contribution >= 4 is 33.5 Å². The van der Waals surface area contributed by atoms with Gasteiger partial charge >= 0.3 is 0 Å². The van der Waals surface area contributed by atoms with E-state index in [0.717, 1.165) is 14.5 Å². The topological polar surface area (TPSA) is 115 Å². The van der Waals surface area contributed by atoms with Crippen LogP contribution in [0.4, 0.5) is 0 Å². The van der Waals surface area contributed by atoms with Gasteiger partial charge in [0.05, 0.1) is 6.61 Å². The lowest BCUT2D eigenvalue weighted by Crippen LogP contribution is -2.60. The zero-order valence-electron chi connectivity index (χ0n) is 11.4. The van der Waals surface area contributed by atoms with E-state index in [2.05, 4.69) is 27.6 Å². The highest BCUT2D eigenvalue weighted by molar-refractivity contribution is 14.1. The molecule has 1 saturated heterocycles. The highest BCUT2D eigenvalue weighted by Gasteiger charge is 2.44. The number of halogens is 1. The van der Waals surface area contributed by atoms with Crippen molar-refractivity contribution in [2.75, 3.05) is 6.61 Å². The van der Waals surface area contributed by atoms with Crippen molar-refractivity contribution in [1.82, 2.24) is 4.98 Å². The maximum Gasteiger partial charge on any atom is 0.229 e. The van der Waals surface area contributed by atoms with E-state index >= 15 is 0 Å². The van der Waals surface area contributed by atoms with Gasteiger partial charge in [-0.3, -0.25) is 0 Å². The van der Waals surface area contributed by atoms with Gasteiger partial charge in [0, 0.05) is 20.7 Å². The van der Waals surface area contributed by atoms with Crippen LogP contribution in [0, 0.1) is 3.57 Å². The largest absolute Gasteiger partial charge is 0.460 e. The summed E-state index contributed by atoms with van der Waals surface area (Å²) in [4.78, 5) is 3.04. The van der Waals surface area contributed by atoms with Gasteiger partial charge in [-0.05, 0) is 40.8 Å². The molecule has 1 aromatic heterocycles. The molecule has 0 radical (unpaired) electrons. The lowest BCUT2D eigenvalue weighted by atomic mass is 9.99. The average molecular weight is 421 g/mol. The van der Waals surface area contributed by atoms with Crippen LogP contribution < -0.4 is 4.74 Å². The predicted octanol–water partition coefficient (Wildman–Crippen LogP) is -0.0488. The Morgan fingerprint density at radius 3 is 2.68 bits per heavy atom. The Morgan fingerprint density at radius 1 is 1.18 bits per heavy atom. The average Bonchev–Trinajstić information content (AvgIpc) is 2.90. The lowest BCUT2D eigenvalue weighted by molar-refractivity contribution is -0.277. The molecule has 1 fully saturated rings. The first-order valence-electron chi connectivity index (χ1n) is 6.75. The van der Waals surface area contributed by atoms with Gasteiger partial charge in [-0.15, -0.1) is 0 Å². The molecule has 22 heavy (non-hydrogen) atoms. The number of ether oxygens (including phenoxy) is 2. The van der Waals surface area contributed by atoms with E-state index in [1.807, 2.05) is 18.2 Å². The Morgan fingerprint density at radius 2 is 1.95 bits per heavy atom. The first-order valence-corrected chi connectivity index (χ1v) is 7.83. The number of fused-ring (bicyclic) bond motifs is 1. The molecule has 0 aliphatic carbocycles. The second-order valence-electron chi connectivity index (χ2n) is 5.16. The van der Waals surface area contributed by atoms with Crippen LogP contribution >= 0.6 is 22.6 Å². The number of nitrogens with one attached hydrogen (secondary N) is 1. The minimum atomic E-state index is -1.46. The number of H-pyrrole nitrogens is 1. The number of aliphatic hydroxyl groups is 4. The molecule has 0 unspecified atom stereocenters. The fraction of sp³-hybridized carbons (Fsp3) is 0.429. The molecule has 2 aromatic rings. The molecule has 1 aliphatic heterocycles. The van der Waals surface area contributed by atoms with E-state index in [1.165, 1.54) is 0 Å². The fourth-order valence-electron chi connectivity index (χ4n) is 2.45. The van der Waals surface area contributed by atoms with Gasteiger partial charge in [-0.2, -0.15) is 0 Å². The molecule has 0 spiro atoms. The number of aromatic nitrogens is 1. The second-order valence-corrected chi connectivity index (χ2v) is 6.40. The molecule has 1 aromatic carbocycles. The molecule has 8 heteroatoms. The first kappa shape index (κ1) is 16.0. The Hall–Kier alpha value is -0.910. The molecule has 7 nitrogen and oxygen atoms in total. The number of aliphatic hydroxyl groups excluding tert-OH is 4. The van der Waals surface area contributed by atoms with Crippen molar-refractivity contribution in [2.24, 2.45) is 0 Å². The molecule has 0 bridgehead atoms. The minimum absolute atomic E-state index is 0.456. The maximum absolute atomic E-state index is 9.99. The summed E-state index contributed by atoms with van der Waals surface area (Å²) < 4.78 is 12.0. The van der Waals surface area contributed by atoms with E-state index in [0.29, 0.717) is 5.75 Å². The van der Waals surface area contributed by atoms with Crippen molar-refractivity contribution in [3.63, 3.8) is 0 Å². The SMILES string of the molecule is OC[C@H]1O[C@@H](Oc2c[nH]c3ccc(I)cc23)[C@H](O)[C@@H](O)[C@@H]1O. The molecule has 0 amide bonds. The summed E-state index contributed by atoms with van der Waals surface area (Å²) in [5, 5.41) is 39.5. The Balaban J connectivity index is 1.85. The third-order valence-electron chi connectivity index (χ3n) is 3.70. The monoisotopic (exact) mass is 421 g/mol. The van der Waals surface area contributed by atoms with E-state index in [1.54, 1.807) is 6.20 Å². The number of aromatic amines is 1. The van der Waals surface area contributed by atoms with Crippen LogP contribution in [-0.2, 0) is 4.74 Å². The molecule has 5 atom stereocenters. The zero-order chi connectivity index (χ0) is 15.9. The summed E-state index contributed by atoms with van der Waals surface area (Å²) in [6, 6.07) is 5.75. The normalized spacial score (nSPS) is 32.3. The Labute approximate surface area is 139 Å². The molecule has 0 saturated carbocycles. The van der Waals surface area contributed by atoms with Crippen LogP contribution in [0.5, 0.6) is 5.75 Å². The van der Waals surface area contributed by atoms with Gasteiger partial charge in [-0.1, -0.05) is 0 Å². The number of rotatable bonds is 3. The van der Waals surface area contributed by atoms with E-state index < -0.39 is 37.3 Å². The Bertz CT molecular complexity index is 660. The molecule has 1 aliphatic rings. The van der Waals surface area contributed by atoms with Gasteiger partial charge in [0.1, 0.15) is 30.2 Å². The molecule has 3 rings (SSSR count). The fourth-order valence-corrected chi connectivity index (χ4v) is 2.95. The summed E-state index contributed by atoms with van der Waals surface area (Å²) in [6.07, 6.45) is -4.83. The van der Waals surface area contributed by atoms with Crippen LogP contribution in [0.2, 0.25) is 0 Å². The van der Waals surface area contributed by atoms with E-state index in [-0.39, 0.29) is 0 Å². The van der Waals surface area contributed by atoms with Crippen molar-refractivity contribution in [3.05, 3.63) is 28.0 Å². The van der Waals surface area contributed by atoms with Gasteiger partial charge < -0.3 is 34.9 Å². The third kappa shape index (κ3) is 2.82. The third-order valence-corrected chi connectivity index (χ3v) is 4.37. The summed E-state index contributed by atoms with van der Waals surface area (Å²) in [6.45, 7) is -0.489. The first-order chi connectivity index (χ1) is 10.5. The molecular weight excluding hydrogens is 405 g/mol. The standard InChI is InChI=1S/C14H16INO6/c15-6-1-2-8-7(3-6)9(4-16-8)21-14-13(20)12(19)11(18)10(5-17)22-14/h1-4,10-14,16-20H,5H2/t10-,11-,12+,13-,14-/m1/s1. The van der Waals surface area contributed by atoms with Crippen molar-refractivity contribution in [2.45, 2.75) is 30.7 Å². The summed E-state index contributed by atoms with van der Waals surface area (Å²) in [7, 11) is 0. The van der Waals surface area contributed by atoms with E-state index in [9.17, 15) is 20.4 Å². The number of hydrogen-bond donors (Lipinski definition) is 5. The Kier molecular flexibility index (Phi) is 4.57. The highest BCUT2D eigenvalue weighted by atomic mass is 127. The van der Waals surface area contributed by atoms with Crippen LogP contribution in [0.15, 0.2) is 24.4 Å². The zero-order valence-corrected chi connectivity index (χ0v) is 13.5. The van der Waals surface area contributed by atoms with Crippen LogP contribution in [0.1, 0.15) is 0 Å². The van der Waals surface area contributed by atoms with Crippen LogP contribution in [-0.4, -0.2) is 62.7 Å². The highest BCUT2D eigenvalue weighted by Crippen LogP contribution is 2.30. The molecule has 5 N–H and O–H groups in total. The number of hydrogen-bond acceptors (Lipinski definition) is 6. The number of benzene rings is 1. The predicted molar refractivity (Wildman–Crippen MR) is 85.4 cm³/mol. The van der Waals surface area contributed by atoms with E-state index in [4.69, 9.17) is 9.47 Å². The van der Waals surface area contributed by atoms with Gasteiger partial charge in [-0.25, -0.2) is 0 Å². The lowest BCUT2D eigenvalue weighted by Gasteiger charge is -2.39. The van der Waals surface area contributed by atoms with Crippen molar-refractivity contribution in [3.8, 4) is 5.75 Å².